The lowest BCUT2D eigenvalue weighted by atomic mass is 10.1. The van der Waals surface area contributed by atoms with Gasteiger partial charge in [-0.1, -0.05) is 24.6 Å². The lowest BCUT2D eigenvalue weighted by molar-refractivity contribution is -0.123. The van der Waals surface area contributed by atoms with Gasteiger partial charge >= 0.3 is 5.97 Å². The number of hydrogen-bond acceptors (Lipinski definition) is 3. The van der Waals surface area contributed by atoms with Crippen molar-refractivity contribution in [2.45, 2.75) is 6.92 Å². The molecule has 0 saturated heterocycles. The van der Waals surface area contributed by atoms with E-state index in [1.165, 1.54) is 6.07 Å². The predicted octanol–water partition coefficient (Wildman–Crippen LogP) is 1.86. The van der Waals surface area contributed by atoms with Crippen molar-refractivity contribution in [2.24, 2.45) is 5.92 Å². The average molecular weight is 285 g/mol. The number of halogens is 1. The number of amides is 1. The van der Waals surface area contributed by atoms with Crippen LogP contribution in [0.4, 0.5) is 5.69 Å². The molecule has 19 heavy (non-hydrogen) atoms. The lowest BCUT2D eigenvalue weighted by Crippen LogP contribution is -2.35. The molecule has 0 radical (unpaired) electrons. The van der Waals surface area contributed by atoms with E-state index < -0.39 is 5.97 Å². The molecular formula is C13H17ClN2O3. The topological polar surface area (TPSA) is 69.6 Å². The molecule has 0 aliphatic heterocycles. The van der Waals surface area contributed by atoms with Gasteiger partial charge in [-0.05, 0) is 12.1 Å². The summed E-state index contributed by atoms with van der Waals surface area (Å²) in [6.45, 7) is 2.15. The van der Waals surface area contributed by atoms with Crippen molar-refractivity contribution in [3.63, 3.8) is 0 Å². The molecule has 0 bridgehead atoms. The Morgan fingerprint density at radius 2 is 2.11 bits per heavy atom. The lowest BCUT2D eigenvalue weighted by Gasteiger charge is -2.25. The van der Waals surface area contributed by atoms with E-state index in [0.29, 0.717) is 17.3 Å². The maximum absolute atomic E-state index is 11.5. The van der Waals surface area contributed by atoms with Crippen LogP contribution < -0.4 is 10.2 Å². The first-order chi connectivity index (χ1) is 8.88. The van der Waals surface area contributed by atoms with Crippen molar-refractivity contribution < 1.29 is 14.7 Å². The number of benzene rings is 1. The van der Waals surface area contributed by atoms with Gasteiger partial charge in [-0.25, -0.2) is 4.79 Å². The van der Waals surface area contributed by atoms with Gasteiger partial charge in [0, 0.05) is 20.6 Å². The van der Waals surface area contributed by atoms with Crippen molar-refractivity contribution in [1.82, 2.24) is 5.32 Å². The van der Waals surface area contributed by atoms with Crippen LogP contribution in [0.25, 0.3) is 0 Å². The SMILES string of the molecule is CNC(=O)C(C)CN(C)c1c(Cl)cccc1C(=O)O. The van der Waals surface area contributed by atoms with Gasteiger partial charge in [0.05, 0.1) is 22.2 Å². The Hall–Kier alpha value is -1.75. The summed E-state index contributed by atoms with van der Waals surface area (Å²) in [7, 11) is 3.28. The van der Waals surface area contributed by atoms with E-state index in [4.69, 9.17) is 16.7 Å². The van der Waals surface area contributed by atoms with Crippen molar-refractivity contribution in [1.29, 1.82) is 0 Å². The zero-order valence-electron chi connectivity index (χ0n) is 11.1. The summed E-state index contributed by atoms with van der Waals surface area (Å²) in [5, 5.41) is 12.1. The first-order valence-electron chi connectivity index (χ1n) is 5.83. The largest absolute Gasteiger partial charge is 0.478 e. The molecule has 0 fully saturated rings. The zero-order valence-corrected chi connectivity index (χ0v) is 11.9. The third-order valence-electron chi connectivity index (χ3n) is 2.84. The number of para-hydroxylation sites is 1. The number of carboxylic acids is 1. The summed E-state index contributed by atoms with van der Waals surface area (Å²) in [5.74, 6) is -1.42. The molecule has 5 nitrogen and oxygen atoms in total. The average Bonchev–Trinajstić information content (AvgIpc) is 2.36. The second kappa shape index (κ2) is 6.43. The van der Waals surface area contributed by atoms with Crippen LogP contribution in [-0.2, 0) is 4.79 Å². The van der Waals surface area contributed by atoms with E-state index in [1.807, 2.05) is 0 Å². The Morgan fingerprint density at radius 3 is 2.63 bits per heavy atom. The number of carboxylic acid groups (broad SMARTS) is 1. The molecule has 6 heteroatoms. The number of rotatable bonds is 5. The van der Waals surface area contributed by atoms with E-state index in [2.05, 4.69) is 5.32 Å². The number of nitrogens with one attached hydrogen (secondary N) is 1. The molecule has 1 aromatic rings. The van der Waals surface area contributed by atoms with Crippen LogP contribution in [-0.4, -0.2) is 37.6 Å². The van der Waals surface area contributed by atoms with Gasteiger partial charge in [0.15, 0.2) is 0 Å². The maximum Gasteiger partial charge on any atom is 0.337 e. The van der Waals surface area contributed by atoms with Crippen molar-refractivity contribution >= 4 is 29.2 Å². The van der Waals surface area contributed by atoms with Crippen LogP contribution in [0.3, 0.4) is 0 Å². The number of anilines is 1. The zero-order chi connectivity index (χ0) is 14.6. The highest BCUT2D eigenvalue weighted by atomic mass is 35.5. The Morgan fingerprint density at radius 1 is 1.47 bits per heavy atom. The molecule has 1 atom stereocenters. The molecule has 1 amide bonds. The van der Waals surface area contributed by atoms with Gasteiger partial charge in [0.25, 0.3) is 0 Å². The molecule has 2 N–H and O–H groups in total. The van der Waals surface area contributed by atoms with Crippen LogP contribution in [0, 0.1) is 5.92 Å². The summed E-state index contributed by atoms with van der Waals surface area (Å²) in [6.07, 6.45) is 0. The van der Waals surface area contributed by atoms with Crippen LogP contribution in [0.1, 0.15) is 17.3 Å². The number of hydrogen-bond donors (Lipinski definition) is 2. The van der Waals surface area contributed by atoms with E-state index in [0.717, 1.165) is 0 Å². The number of carbonyl (C=O) groups is 2. The Bertz CT molecular complexity index is 491. The highest BCUT2D eigenvalue weighted by molar-refractivity contribution is 6.34. The highest BCUT2D eigenvalue weighted by Gasteiger charge is 2.20. The monoisotopic (exact) mass is 284 g/mol. The maximum atomic E-state index is 11.5. The van der Waals surface area contributed by atoms with E-state index in [-0.39, 0.29) is 17.4 Å². The van der Waals surface area contributed by atoms with Crippen LogP contribution in [0.5, 0.6) is 0 Å². The van der Waals surface area contributed by atoms with Gasteiger partial charge in [0.2, 0.25) is 5.91 Å². The summed E-state index contributed by atoms with van der Waals surface area (Å²) >= 11 is 6.06. The van der Waals surface area contributed by atoms with Gasteiger partial charge in [-0.2, -0.15) is 0 Å². The number of carbonyl (C=O) groups excluding carboxylic acids is 1. The van der Waals surface area contributed by atoms with Crippen molar-refractivity contribution in [3.8, 4) is 0 Å². The highest BCUT2D eigenvalue weighted by Crippen LogP contribution is 2.29. The fourth-order valence-corrected chi connectivity index (χ4v) is 2.23. The van der Waals surface area contributed by atoms with Crippen LogP contribution in [0.15, 0.2) is 18.2 Å². The second-order valence-corrected chi connectivity index (χ2v) is 4.74. The normalized spacial score (nSPS) is 11.8. The first-order valence-corrected chi connectivity index (χ1v) is 6.20. The minimum atomic E-state index is -1.04. The van der Waals surface area contributed by atoms with E-state index in [1.54, 1.807) is 38.1 Å². The molecular weight excluding hydrogens is 268 g/mol. The standard InChI is InChI=1S/C13H17ClN2O3/c1-8(12(17)15-2)7-16(3)11-9(13(18)19)5-4-6-10(11)14/h4-6,8H,7H2,1-3H3,(H,15,17)(H,18,19). The van der Waals surface area contributed by atoms with Gasteiger partial charge in [0.1, 0.15) is 0 Å². The summed E-state index contributed by atoms with van der Waals surface area (Å²) < 4.78 is 0. The van der Waals surface area contributed by atoms with Gasteiger partial charge in [-0.15, -0.1) is 0 Å². The fourth-order valence-electron chi connectivity index (χ4n) is 1.91. The summed E-state index contributed by atoms with van der Waals surface area (Å²) in [4.78, 5) is 24.4. The third-order valence-corrected chi connectivity index (χ3v) is 3.15. The molecule has 0 saturated carbocycles. The van der Waals surface area contributed by atoms with Gasteiger partial charge < -0.3 is 15.3 Å². The molecule has 0 spiro atoms. The molecule has 0 aliphatic rings. The van der Waals surface area contributed by atoms with Crippen molar-refractivity contribution in [2.75, 3.05) is 25.5 Å². The van der Waals surface area contributed by atoms with Gasteiger partial charge in [-0.3, -0.25) is 4.79 Å². The quantitative estimate of drug-likeness (QED) is 0.866. The molecule has 0 heterocycles. The molecule has 0 aliphatic carbocycles. The molecule has 0 aromatic heterocycles. The molecule has 1 unspecified atom stereocenters. The Balaban J connectivity index is 3.02. The first kappa shape index (κ1) is 15.3. The predicted molar refractivity (Wildman–Crippen MR) is 74.9 cm³/mol. The van der Waals surface area contributed by atoms with Crippen molar-refractivity contribution in [3.05, 3.63) is 28.8 Å². The summed E-state index contributed by atoms with van der Waals surface area (Å²) in [6, 6.07) is 4.71. The Kier molecular flexibility index (Phi) is 5.18. The molecule has 1 aromatic carbocycles. The fraction of sp³-hybridized carbons (Fsp3) is 0.385. The number of aromatic carboxylic acids is 1. The molecule has 1 rings (SSSR count). The van der Waals surface area contributed by atoms with Crippen LogP contribution in [0.2, 0.25) is 5.02 Å². The minimum Gasteiger partial charge on any atom is -0.478 e. The third kappa shape index (κ3) is 3.61. The minimum absolute atomic E-state index is 0.101. The summed E-state index contributed by atoms with van der Waals surface area (Å²) in [5.41, 5.74) is 0.548. The smallest absolute Gasteiger partial charge is 0.337 e. The van der Waals surface area contributed by atoms with E-state index >= 15 is 0 Å². The van der Waals surface area contributed by atoms with Crippen LogP contribution >= 0.6 is 11.6 Å². The molecule has 104 valence electrons. The van der Waals surface area contributed by atoms with E-state index in [9.17, 15) is 9.59 Å². The Labute approximate surface area is 117 Å². The second-order valence-electron chi connectivity index (χ2n) is 4.34. The number of nitrogens with zero attached hydrogens (tertiary/aromatic N) is 1.